The number of ether oxygens (including phenoxy) is 2. The van der Waals surface area contributed by atoms with Gasteiger partial charge in [-0.25, -0.2) is 14.0 Å². The van der Waals surface area contributed by atoms with Gasteiger partial charge in [-0.1, -0.05) is 0 Å². The van der Waals surface area contributed by atoms with Crippen LogP contribution in [0.15, 0.2) is 6.07 Å². The summed E-state index contributed by atoms with van der Waals surface area (Å²) in [6.07, 6.45) is 1.63. The van der Waals surface area contributed by atoms with Crippen LogP contribution in [-0.2, 0) is 4.74 Å². The number of carbonyl (C=O) groups is 3. The Labute approximate surface area is 179 Å². The minimum Gasteiger partial charge on any atom is -0.492 e. The third kappa shape index (κ3) is 4.11. The Bertz CT molecular complexity index is 941. The van der Waals surface area contributed by atoms with Crippen molar-refractivity contribution in [3.8, 4) is 5.75 Å². The lowest BCUT2D eigenvalue weighted by Gasteiger charge is -2.32. The Morgan fingerprint density at radius 3 is 2.55 bits per heavy atom. The molecule has 1 radical (unpaired) electrons. The zero-order chi connectivity index (χ0) is 22.5. The molecule has 4 amide bonds. The van der Waals surface area contributed by atoms with E-state index in [1.54, 1.807) is 25.7 Å². The van der Waals surface area contributed by atoms with Gasteiger partial charge in [0.25, 0.3) is 5.91 Å². The molecule has 10 heteroatoms. The molecule has 1 saturated heterocycles. The number of urea groups is 1. The molecule has 167 valence electrons. The lowest BCUT2D eigenvalue weighted by Crippen LogP contribution is -2.45. The van der Waals surface area contributed by atoms with Crippen LogP contribution in [0.2, 0.25) is 0 Å². The number of fused-ring (bicyclic) bond motifs is 1. The molecular weight excluding hydrogens is 407 g/mol. The molecule has 1 unspecified atom stereocenters. The lowest BCUT2D eigenvalue weighted by atomic mass is 10.0. The molecule has 2 fully saturated rings. The molecule has 9 nitrogen and oxygen atoms in total. The first kappa shape index (κ1) is 21.2. The Hall–Kier alpha value is -3.04. The topological polar surface area (TPSA) is 102 Å². The Morgan fingerprint density at radius 1 is 1.23 bits per heavy atom. The highest BCUT2D eigenvalue weighted by molar-refractivity contribution is 6.19. The smallest absolute Gasteiger partial charge is 0.407 e. The van der Waals surface area contributed by atoms with Gasteiger partial charge in [-0.15, -0.1) is 0 Å². The summed E-state index contributed by atoms with van der Waals surface area (Å²) in [4.78, 5) is 40.0. The number of rotatable bonds is 4. The quantitative estimate of drug-likeness (QED) is 0.783. The Kier molecular flexibility index (Phi) is 5.18. The minimum absolute atomic E-state index is 0.0206. The van der Waals surface area contributed by atoms with Crippen molar-refractivity contribution in [2.45, 2.75) is 57.7 Å². The number of carbonyl (C=O) groups excluding carboxylic acids is 3. The zero-order valence-electron chi connectivity index (χ0n) is 18.0. The minimum atomic E-state index is -0.772. The standard InChI is InChI=1S/C21H26FN4O5/c1-21(2,3)31-20(29)23-11-7-8-25(10-11)16-14(22)9-13-15(17(16)30-4)26(12-5-6-12)19(28)24-18(13)27/h9,11-12H,5-8,10H2,1-4H3,(H,23,29). The van der Waals surface area contributed by atoms with Gasteiger partial charge < -0.3 is 19.7 Å². The van der Waals surface area contributed by atoms with Crippen LogP contribution in [0.5, 0.6) is 5.75 Å². The van der Waals surface area contributed by atoms with Crippen LogP contribution >= 0.6 is 0 Å². The van der Waals surface area contributed by atoms with E-state index in [4.69, 9.17) is 9.47 Å². The van der Waals surface area contributed by atoms with Crippen LogP contribution in [0.3, 0.4) is 0 Å². The normalized spacial score (nSPS) is 21.0. The van der Waals surface area contributed by atoms with Gasteiger partial charge in [0, 0.05) is 19.1 Å². The van der Waals surface area contributed by atoms with E-state index in [9.17, 15) is 14.4 Å². The fourth-order valence-corrected chi connectivity index (χ4v) is 4.02. The summed E-state index contributed by atoms with van der Waals surface area (Å²) < 4.78 is 26.0. The summed E-state index contributed by atoms with van der Waals surface area (Å²) >= 11 is 0. The summed E-state index contributed by atoms with van der Waals surface area (Å²) in [5.74, 6) is -1.27. The third-order valence-electron chi connectivity index (χ3n) is 5.40. The first-order valence-corrected chi connectivity index (χ1v) is 10.3. The van der Waals surface area contributed by atoms with Crippen molar-refractivity contribution >= 4 is 29.4 Å². The number of imide groups is 1. The summed E-state index contributed by atoms with van der Waals surface area (Å²) in [5.41, 5.74) is -0.155. The highest BCUT2D eigenvalue weighted by Gasteiger charge is 2.44. The number of benzene rings is 1. The number of halogens is 1. The zero-order valence-corrected chi connectivity index (χ0v) is 18.0. The largest absolute Gasteiger partial charge is 0.492 e. The summed E-state index contributed by atoms with van der Waals surface area (Å²) in [5, 5.41) is 6.34. The van der Waals surface area contributed by atoms with E-state index in [-0.39, 0.29) is 34.8 Å². The molecule has 1 saturated carbocycles. The van der Waals surface area contributed by atoms with Crippen molar-refractivity contribution in [3.05, 3.63) is 17.4 Å². The van der Waals surface area contributed by atoms with Crippen LogP contribution in [0.25, 0.3) is 0 Å². The van der Waals surface area contributed by atoms with Crippen LogP contribution in [0.1, 0.15) is 50.4 Å². The molecule has 1 aromatic rings. The maximum absolute atomic E-state index is 15.2. The van der Waals surface area contributed by atoms with Crippen molar-refractivity contribution < 1.29 is 28.2 Å². The predicted octanol–water partition coefficient (Wildman–Crippen LogP) is 2.78. The fraction of sp³-hybridized carbons (Fsp3) is 0.571. The van der Waals surface area contributed by atoms with Crippen molar-refractivity contribution in [2.75, 3.05) is 30.0 Å². The average Bonchev–Trinajstić information content (AvgIpc) is 3.38. The summed E-state index contributed by atoms with van der Waals surface area (Å²) in [6, 6.07) is 0.153. The van der Waals surface area contributed by atoms with E-state index in [2.05, 4.69) is 10.6 Å². The number of hydrogen-bond donors (Lipinski definition) is 1. The fourth-order valence-electron chi connectivity index (χ4n) is 4.02. The lowest BCUT2D eigenvalue weighted by molar-refractivity contribution is 0.0508. The molecule has 0 spiro atoms. The molecule has 1 N–H and O–H groups in total. The third-order valence-corrected chi connectivity index (χ3v) is 5.40. The van der Waals surface area contributed by atoms with Gasteiger partial charge >= 0.3 is 12.1 Å². The van der Waals surface area contributed by atoms with Crippen LogP contribution in [0.4, 0.5) is 25.4 Å². The summed E-state index contributed by atoms with van der Waals surface area (Å²) in [7, 11) is 1.39. The Balaban J connectivity index is 1.63. The van der Waals surface area contributed by atoms with E-state index in [0.29, 0.717) is 19.5 Å². The van der Waals surface area contributed by atoms with Crippen molar-refractivity contribution in [2.24, 2.45) is 0 Å². The molecule has 1 aliphatic carbocycles. The van der Waals surface area contributed by atoms with Gasteiger partial charge in [0.15, 0.2) is 11.6 Å². The second-order valence-electron chi connectivity index (χ2n) is 9.01. The highest BCUT2D eigenvalue weighted by atomic mass is 19.1. The first-order valence-electron chi connectivity index (χ1n) is 10.3. The number of nitrogens with zero attached hydrogens (tertiary/aromatic N) is 3. The van der Waals surface area contributed by atoms with Gasteiger partial charge in [0.2, 0.25) is 0 Å². The monoisotopic (exact) mass is 433 g/mol. The van der Waals surface area contributed by atoms with E-state index in [1.807, 2.05) is 0 Å². The molecule has 31 heavy (non-hydrogen) atoms. The van der Waals surface area contributed by atoms with Crippen molar-refractivity contribution in [1.29, 1.82) is 0 Å². The molecular formula is C21H26FN4O5. The van der Waals surface area contributed by atoms with Gasteiger partial charge in [-0.2, -0.15) is 5.32 Å². The number of alkyl carbamates (subject to hydrolysis) is 1. The van der Waals surface area contributed by atoms with Gasteiger partial charge in [0.1, 0.15) is 17.0 Å². The SMILES string of the molecule is COc1c(N2CCC(NC(=O)OC(C)(C)C)C2)c(F)cc2c1N(C1CC1)C(=O)[N]C2=O. The van der Waals surface area contributed by atoms with Gasteiger partial charge in [-0.05, 0) is 46.1 Å². The van der Waals surface area contributed by atoms with Crippen LogP contribution in [0, 0.1) is 5.82 Å². The number of nitrogens with one attached hydrogen (secondary N) is 1. The van der Waals surface area contributed by atoms with Crippen LogP contribution < -0.4 is 25.2 Å². The van der Waals surface area contributed by atoms with E-state index < -0.39 is 29.4 Å². The maximum atomic E-state index is 15.2. The highest BCUT2D eigenvalue weighted by Crippen LogP contribution is 2.48. The predicted molar refractivity (Wildman–Crippen MR) is 110 cm³/mol. The number of amides is 4. The number of hydrogen-bond acceptors (Lipinski definition) is 6. The first-order chi connectivity index (χ1) is 14.6. The van der Waals surface area contributed by atoms with E-state index in [0.717, 1.165) is 18.9 Å². The van der Waals surface area contributed by atoms with Gasteiger partial charge in [-0.3, -0.25) is 9.69 Å². The summed E-state index contributed by atoms with van der Waals surface area (Å²) in [6.45, 7) is 6.13. The van der Waals surface area contributed by atoms with Crippen molar-refractivity contribution in [1.82, 2.24) is 10.6 Å². The second kappa shape index (κ2) is 7.58. The number of anilines is 2. The second-order valence-corrected chi connectivity index (χ2v) is 9.01. The molecule has 1 atom stereocenters. The molecule has 1 aromatic carbocycles. The Morgan fingerprint density at radius 2 is 1.94 bits per heavy atom. The molecule has 3 aliphatic rings. The van der Waals surface area contributed by atoms with E-state index >= 15 is 4.39 Å². The van der Waals surface area contributed by atoms with Crippen LogP contribution in [-0.4, -0.2) is 55.9 Å². The maximum Gasteiger partial charge on any atom is 0.407 e. The molecule has 0 bridgehead atoms. The molecule has 0 aromatic heterocycles. The molecule has 2 aliphatic heterocycles. The van der Waals surface area contributed by atoms with Crippen molar-refractivity contribution in [3.63, 3.8) is 0 Å². The number of methoxy groups -OCH3 is 1. The average molecular weight is 433 g/mol. The van der Waals surface area contributed by atoms with Gasteiger partial charge in [0.05, 0.1) is 18.7 Å². The van der Waals surface area contributed by atoms with E-state index in [1.165, 1.54) is 12.0 Å². The molecule has 2 heterocycles. The molecule has 4 rings (SSSR count).